The first-order valence-corrected chi connectivity index (χ1v) is 8.28. The molecule has 0 saturated heterocycles. The molecule has 0 bridgehead atoms. The highest BCUT2D eigenvalue weighted by molar-refractivity contribution is 6.06. The van der Waals surface area contributed by atoms with Crippen molar-refractivity contribution in [1.29, 1.82) is 0 Å². The fourth-order valence-electron chi connectivity index (χ4n) is 2.37. The molecule has 0 spiro atoms. The summed E-state index contributed by atoms with van der Waals surface area (Å²) in [6.45, 7) is 0. The zero-order chi connectivity index (χ0) is 18.2. The molecule has 0 aliphatic heterocycles. The highest BCUT2D eigenvalue weighted by atomic mass is 16.5. The van der Waals surface area contributed by atoms with Crippen LogP contribution in [-0.2, 0) is 0 Å². The van der Waals surface area contributed by atoms with E-state index in [1.54, 1.807) is 31.4 Å². The summed E-state index contributed by atoms with van der Waals surface area (Å²) in [5, 5.41) is 0. The lowest BCUT2D eigenvalue weighted by atomic mass is 10.1. The Hall–Kier alpha value is -3.57. The van der Waals surface area contributed by atoms with Gasteiger partial charge >= 0.3 is 0 Å². The maximum Gasteiger partial charge on any atom is 0.185 e. The van der Waals surface area contributed by atoms with Gasteiger partial charge in [0.2, 0.25) is 0 Å². The minimum Gasteiger partial charge on any atom is -0.497 e. The van der Waals surface area contributed by atoms with Gasteiger partial charge < -0.3 is 4.74 Å². The molecule has 0 N–H and O–H groups in total. The summed E-state index contributed by atoms with van der Waals surface area (Å²) in [4.78, 5) is 12.3. The van der Waals surface area contributed by atoms with Crippen molar-refractivity contribution in [3.63, 3.8) is 0 Å². The van der Waals surface area contributed by atoms with Gasteiger partial charge in [-0.2, -0.15) is 0 Å². The molecule has 3 rings (SSSR count). The summed E-state index contributed by atoms with van der Waals surface area (Å²) in [6.07, 6.45) is 3.37. The summed E-state index contributed by atoms with van der Waals surface area (Å²) in [5.74, 6) is 6.96. The number of carbonyl (C=O) groups is 1. The molecule has 2 heteroatoms. The fraction of sp³-hybridized carbons (Fsp3) is 0.0417. The van der Waals surface area contributed by atoms with Gasteiger partial charge in [-0.3, -0.25) is 4.79 Å². The van der Waals surface area contributed by atoms with Crippen molar-refractivity contribution >= 4 is 11.9 Å². The Morgan fingerprint density at radius 3 is 2.04 bits per heavy atom. The van der Waals surface area contributed by atoms with E-state index >= 15 is 0 Å². The lowest BCUT2D eigenvalue weighted by Crippen LogP contribution is -1.93. The number of methoxy groups -OCH3 is 1. The van der Waals surface area contributed by atoms with E-state index in [0.717, 1.165) is 22.4 Å². The molecular weight excluding hydrogens is 320 g/mol. The quantitative estimate of drug-likeness (QED) is 0.380. The molecule has 0 fully saturated rings. The van der Waals surface area contributed by atoms with Crippen LogP contribution >= 0.6 is 0 Å². The van der Waals surface area contributed by atoms with Gasteiger partial charge in [-0.1, -0.05) is 48.2 Å². The summed E-state index contributed by atoms with van der Waals surface area (Å²) < 4.78 is 5.12. The van der Waals surface area contributed by atoms with Crippen molar-refractivity contribution in [1.82, 2.24) is 0 Å². The number of hydrogen-bond acceptors (Lipinski definition) is 2. The van der Waals surface area contributed by atoms with Gasteiger partial charge in [-0.15, -0.1) is 0 Å². The molecule has 0 aliphatic rings. The molecule has 3 aromatic carbocycles. The van der Waals surface area contributed by atoms with Crippen LogP contribution in [0.5, 0.6) is 5.75 Å². The predicted molar refractivity (Wildman–Crippen MR) is 105 cm³/mol. The molecule has 0 saturated carbocycles. The van der Waals surface area contributed by atoms with Crippen molar-refractivity contribution in [3.05, 3.63) is 107 Å². The number of allylic oxidation sites excluding steroid dienone is 1. The largest absolute Gasteiger partial charge is 0.497 e. The summed E-state index contributed by atoms with van der Waals surface area (Å²) in [6, 6.07) is 24.7. The van der Waals surface area contributed by atoms with E-state index in [2.05, 4.69) is 11.8 Å². The number of ketones is 1. The Labute approximate surface area is 153 Å². The number of rotatable bonds is 4. The van der Waals surface area contributed by atoms with Crippen LogP contribution in [0.25, 0.3) is 6.08 Å². The van der Waals surface area contributed by atoms with Crippen molar-refractivity contribution in [2.75, 3.05) is 7.11 Å². The smallest absolute Gasteiger partial charge is 0.185 e. The average Bonchev–Trinajstić information content (AvgIpc) is 2.72. The molecule has 0 radical (unpaired) electrons. The topological polar surface area (TPSA) is 26.3 Å². The Bertz CT molecular complexity index is 955. The van der Waals surface area contributed by atoms with E-state index in [1.807, 2.05) is 66.7 Å². The van der Waals surface area contributed by atoms with E-state index < -0.39 is 0 Å². The lowest BCUT2D eigenvalue weighted by molar-refractivity contribution is 0.104. The van der Waals surface area contributed by atoms with Crippen LogP contribution in [0, 0.1) is 11.8 Å². The monoisotopic (exact) mass is 338 g/mol. The number of hydrogen-bond donors (Lipinski definition) is 0. The third-order valence-electron chi connectivity index (χ3n) is 3.84. The van der Waals surface area contributed by atoms with Crippen LogP contribution < -0.4 is 4.74 Å². The molecule has 26 heavy (non-hydrogen) atoms. The number of benzene rings is 3. The predicted octanol–water partition coefficient (Wildman–Crippen LogP) is 4.99. The summed E-state index contributed by atoms with van der Waals surface area (Å²) in [7, 11) is 1.63. The Morgan fingerprint density at radius 1 is 0.808 bits per heavy atom. The summed E-state index contributed by atoms with van der Waals surface area (Å²) >= 11 is 0. The van der Waals surface area contributed by atoms with Gasteiger partial charge in [0.25, 0.3) is 0 Å². The Morgan fingerprint density at radius 2 is 1.42 bits per heavy atom. The molecule has 0 unspecified atom stereocenters. The summed E-state index contributed by atoms with van der Waals surface area (Å²) in [5.41, 5.74) is 3.43. The SMILES string of the molecule is COc1ccc(/C=C/C(=O)c2ccc(C#Cc3ccccc3)cc2)cc1. The van der Waals surface area contributed by atoms with Gasteiger partial charge in [0.05, 0.1) is 7.11 Å². The van der Waals surface area contributed by atoms with Gasteiger partial charge in [0.1, 0.15) is 5.75 Å². The third kappa shape index (κ3) is 4.72. The maximum absolute atomic E-state index is 12.3. The van der Waals surface area contributed by atoms with Crippen LogP contribution in [0.15, 0.2) is 84.9 Å². The number of ether oxygens (including phenoxy) is 1. The number of carbonyl (C=O) groups excluding carboxylic acids is 1. The van der Waals surface area contributed by atoms with Crippen molar-refractivity contribution < 1.29 is 9.53 Å². The second-order valence-electron chi connectivity index (χ2n) is 5.66. The molecule has 0 heterocycles. The fourth-order valence-corrected chi connectivity index (χ4v) is 2.37. The first-order chi connectivity index (χ1) is 12.7. The van der Waals surface area contributed by atoms with E-state index in [1.165, 1.54) is 0 Å². The average molecular weight is 338 g/mol. The molecule has 0 atom stereocenters. The highest BCUT2D eigenvalue weighted by Crippen LogP contribution is 2.13. The molecule has 3 aromatic rings. The first kappa shape index (κ1) is 17.3. The zero-order valence-electron chi connectivity index (χ0n) is 14.5. The van der Waals surface area contributed by atoms with Crippen LogP contribution in [0.3, 0.4) is 0 Å². The van der Waals surface area contributed by atoms with Gasteiger partial charge in [-0.05, 0) is 60.2 Å². The van der Waals surface area contributed by atoms with Crippen molar-refractivity contribution in [3.8, 4) is 17.6 Å². The molecular formula is C24H18O2. The van der Waals surface area contributed by atoms with Crippen molar-refractivity contribution in [2.45, 2.75) is 0 Å². The Kier molecular flexibility index (Phi) is 5.65. The van der Waals surface area contributed by atoms with E-state index in [4.69, 9.17) is 4.74 Å². The molecule has 0 aliphatic carbocycles. The molecule has 0 amide bonds. The minimum absolute atomic E-state index is 0.0385. The van der Waals surface area contributed by atoms with Crippen LogP contribution in [0.4, 0.5) is 0 Å². The molecule has 0 aromatic heterocycles. The first-order valence-electron chi connectivity index (χ1n) is 8.28. The third-order valence-corrected chi connectivity index (χ3v) is 3.84. The normalized spacial score (nSPS) is 10.2. The van der Waals surface area contributed by atoms with Gasteiger partial charge in [0.15, 0.2) is 5.78 Å². The van der Waals surface area contributed by atoms with Gasteiger partial charge in [-0.25, -0.2) is 0 Å². The minimum atomic E-state index is -0.0385. The van der Waals surface area contributed by atoms with Crippen LogP contribution in [0.2, 0.25) is 0 Å². The van der Waals surface area contributed by atoms with Crippen LogP contribution in [0.1, 0.15) is 27.0 Å². The second-order valence-corrected chi connectivity index (χ2v) is 5.66. The standard InChI is InChI=1S/C24H18O2/c1-26-23-16-11-21(12-17-23)13-18-24(25)22-14-9-20(10-15-22)8-7-19-5-3-2-4-6-19/h2-6,9-18H,1H3/b18-13+. The molecule has 126 valence electrons. The Balaban J connectivity index is 1.66. The lowest BCUT2D eigenvalue weighted by Gasteiger charge is -1.99. The zero-order valence-corrected chi connectivity index (χ0v) is 14.5. The van der Waals surface area contributed by atoms with E-state index in [9.17, 15) is 4.79 Å². The van der Waals surface area contributed by atoms with Crippen molar-refractivity contribution in [2.24, 2.45) is 0 Å². The van der Waals surface area contributed by atoms with Crippen LogP contribution in [-0.4, -0.2) is 12.9 Å². The molecule has 2 nitrogen and oxygen atoms in total. The van der Waals surface area contributed by atoms with E-state index in [-0.39, 0.29) is 5.78 Å². The maximum atomic E-state index is 12.3. The second kappa shape index (κ2) is 8.50. The van der Waals surface area contributed by atoms with Gasteiger partial charge in [0, 0.05) is 16.7 Å². The highest BCUT2D eigenvalue weighted by Gasteiger charge is 2.01. The van der Waals surface area contributed by atoms with E-state index in [0.29, 0.717) is 5.56 Å².